The topological polar surface area (TPSA) is 47.8 Å². The van der Waals surface area contributed by atoms with Crippen molar-refractivity contribution in [3.05, 3.63) is 41.2 Å². The molecule has 0 atom stereocenters. The number of aldehydes is 1. The van der Waals surface area contributed by atoms with Crippen molar-refractivity contribution >= 4 is 6.29 Å². The number of halogens is 3. The van der Waals surface area contributed by atoms with Crippen molar-refractivity contribution < 1.29 is 18.0 Å². The number of aryl methyl sites for hydroxylation is 1. The summed E-state index contributed by atoms with van der Waals surface area (Å²) in [6.45, 7) is 1.75. The number of hydrogen-bond acceptors (Lipinski definition) is 3. The van der Waals surface area contributed by atoms with Gasteiger partial charge in [0.05, 0.1) is 16.9 Å². The maximum atomic E-state index is 12.9. The van der Waals surface area contributed by atoms with Crippen LogP contribution in [0.2, 0.25) is 0 Å². The number of carbonyl (C=O) groups excluding carboxylic acids is 1. The smallest absolute Gasteiger partial charge is 0.296 e. The molecule has 1 aromatic carbocycles. The van der Waals surface area contributed by atoms with Gasteiger partial charge in [0.1, 0.15) is 5.69 Å². The molecule has 2 rings (SSSR count). The first-order valence-electron chi connectivity index (χ1n) is 5.55. The lowest BCUT2D eigenvalue weighted by atomic mass is 10.1. The quantitative estimate of drug-likeness (QED) is 0.805. The summed E-state index contributed by atoms with van der Waals surface area (Å²) in [6, 6.07) is 4.93. The van der Waals surface area contributed by atoms with Crippen molar-refractivity contribution in [3.63, 3.8) is 0 Å². The second-order valence-electron chi connectivity index (χ2n) is 3.82. The third kappa shape index (κ3) is 2.35. The average Bonchev–Trinajstić information content (AvgIpc) is 2.80. The van der Waals surface area contributed by atoms with E-state index < -0.39 is 11.7 Å². The van der Waals surface area contributed by atoms with Crippen LogP contribution in [0.4, 0.5) is 13.2 Å². The number of rotatable bonds is 3. The zero-order chi connectivity index (χ0) is 14.0. The van der Waals surface area contributed by atoms with E-state index in [1.54, 1.807) is 6.92 Å². The molecule has 0 aliphatic heterocycles. The van der Waals surface area contributed by atoms with Gasteiger partial charge >= 0.3 is 6.18 Å². The number of para-hydroxylation sites is 1. The number of carbonyl (C=O) groups is 1. The number of hydrogen-bond donors (Lipinski definition) is 0. The molecule has 1 aromatic heterocycles. The summed E-state index contributed by atoms with van der Waals surface area (Å²) in [5.74, 6) is 0. The lowest BCUT2D eigenvalue weighted by molar-refractivity contribution is -0.137. The number of nitrogens with zero attached hydrogens (tertiary/aromatic N) is 3. The molecule has 0 bridgehead atoms. The van der Waals surface area contributed by atoms with Crippen LogP contribution >= 0.6 is 0 Å². The van der Waals surface area contributed by atoms with E-state index in [4.69, 9.17) is 0 Å². The van der Waals surface area contributed by atoms with Crippen LogP contribution < -0.4 is 0 Å². The van der Waals surface area contributed by atoms with Gasteiger partial charge in [-0.2, -0.15) is 13.2 Å². The first kappa shape index (κ1) is 13.3. The molecule has 100 valence electrons. The minimum absolute atomic E-state index is 0.0409. The highest BCUT2D eigenvalue weighted by molar-refractivity contribution is 5.75. The maximum Gasteiger partial charge on any atom is 0.418 e. The predicted molar refractivity (Wildman–Crippen MR) is 61.1 cm³/mol. The Bertz CT molecular complexity index is 605. The summed E-state index contributed by atoms with van der Waals surface area (Å²) < 4.78 is 39.7. The molecule has 0 fully saturated rings. The van der Waals surface area contributed by atoms with E-state index >= 15 is 0 Å². The van der Waals surface area contributed by atoms with Gasteiger partial charge in [-0.1, -0.05) is 24.3 Å². The lowest BCUT2D eigenvalue weighted by Crippen LogP contribution is -2.13. The van der Waals surface area contributed by atoms with Crippen LogP contribution in [0.25, 0.3) is 5.69 Å². The summed E-state index contributed by atoms with van der Waals surface area (Å²) in [7, 11) is 0. The number of benzene rings is 1. The summed E-state index contributed by atoms with van der Waals surface area (Å²) >= 11 is 0. The Morgan fingerprint density at radius 1 is 1.32 bits per heavy atom. The first-order chi connectivity index (χ1) is 8.99. The zero-order valence-corrected chi connectivity index (χ0v) is 9.98. The monoisotopic (exact) mass is 269 g/mol. The normalized spacial score (nSPS) is 11.6. The van der Waals surface area contributed by atoms with E-state index in [1.165, 1.54) is 18.2 Å². The van der Waals surface area contributed by atoms with Crippen molar-refractivity contribution in [3.8, 4) is 5.69 Å². The Morgan fingerprint density at radius 2 is 2.00 bits per heavy atom. The largest absolute Gasteiger partial charge is 0.418 e. The van der Waals surface area contributed by atoms with Gasteiger partial charge in [0.15, 0.2) is 6.29 Å². The second kappa shape index (κ2) is 4.83. The fourth-order valence-electron chi connectivity index (χ4n) is 1.77. The number of alkyl halides is 3. The van der Waals surface area contributed by atoms with Crippen LogP contribution in [0.3, 0.4) is 0 Å². The molecule has 0 radical (unpaired) electrons. The standard InChI is InChI=1S/C12H10F3N3O/c1-2-9-11(7-19)18(17-16-9)10-6-4-3-5-8(10)12(13,14)15/h3-7H,2H2,1H3. The molecule has 0 aliphatic rings. The number of aromatic nitrogens is 3. The van der Waals surface area contributed by atoms with Gasteiger partial charge in [-0.25, -0.2) is 4.68 Å². The summed E-state index contributed by atoms with van der Waals surface area (Å²) in [6.07, 6.45) is -3.64. The molecule has 0 spiro atoms. The van der Waals surface area contributed by atoms with Crippen LogP contribution in [0.5, 0.6) is 0 Å². The average molecular weight is 269 g/mol. The third-order valence-corrected chi connectivity index (χ3v) is 2.66. The van der Waals surface area contributed by atoms with E-state index in [-0.39, 0.29) is 11.4 Å². The van der Waals surface area contributed by atoms with Crippen LogP contribution in [0.1, 0.15) is 28.7 Å². The molecule has 1 heterocycles. The molecule has 0 saturated carbocycles. The maximum absolute atomic E-state index is 12.9. The van der Waals surface area contributed by atoms with Gasteiger partial charge < -0.3 is 0 Å². The van der Waals surface area contributed by atoms with Gasteiger partial charge in [0, 0.05) is 0 Å². The highest BCUT2D eigenvalue weighted by Gasteiger charge is 2.34. The van der Waals surface area contributed by atoms with Crippen molar-refractivity contribution in [1.82, 2.24) is 15.0 Å². The third-order valence-electron chi connectivity index (χ3n) is 2.66. The van der Waals surface area contributed by atoms with Gasteiger partial charge in [-0.3, -0.25) is 4.79 Å². The molecular formula is C12H10F3N3O. The van der Waals surface area contributed by atoms with Gasteiger partial charge in [-0.05, 0) is 18.6 Å². The Balaban J connectivity index is 2.66. The van der Waals surface area contributed by atoms with Crippen LogP contribution in [0.15, 0.2) is 24.3 Å². The van der Waals surface area contributed by atoms with Gasteiger partial charge in [0.2, 0.25) is 0 Å². The molecule has 2 aromatic rings. The van der Waals surface area contributed by atoms with Crippen LogP contribution in [0, 0.1) is 0 Å². The van der Waals surface area contributed by atoms with E-state index in [1.807, 2.05) is 0 Å². The molecule has 19 heavy (non-hydrogen) atoms. The highest BCUT2D eigenvalue weighted by Crippen LogP contribution is 2.33. The summed E-state index contributed by atoms with van der Waals surface area (Å²) in [5, 5.41) is 7.36. The van der Waals surface area contributed by atoms with Crippen molar-refractivity contribution in [1.29, 1.82) is 0 Å². The molecule has 7 heteroatoms. The van der Waals surface area contributed by atoms with Crippen LogP contribution in [-0.2, 0) is 12.6 Å². The van der Waals surface area contributed by atoms with E-state index in [9.17, 15) is 18.0 Å². The van der Waals surface area contributed by atoms with Crippen molar-refractivity contribution in [2.24, 2.45) is 0 Å². The molecule has 0 unspecified atom stereocenters. The Morgan fingerprint density at radius 3 is 2.58 bits per heavy atom. The molecular weight excluding hydrogens is 259 g/mol. The van der Waals surface area contributed by atoms with E-state index in [0.29, 0.717) is 18.4 Å². The molecule has 0 N–H and O–H groups in total. The molecule has 0 amide bonds. The lowest BCUT2D eigenvalue weighted by Gasteiger charge is -2.12. The summed E-state index contributed by atoms with van der Waals surface area (Å²) in [4.78, 5) is 11.0. The predicted octanol–water partition coefficient (Wildman–Crippen LogP) is 2.66. The zero-order valence-electron chi connectivity index (χ0n) is 9.98. The van der Waals surface area contributed by atoms with Gasteiger partial charge in [0.25, 0.3) is 0 Å². The van der Waals surface area contributed by atoms with E-state index in [0.717, 1.165) is 10.7 Å². The minimum Gasteiger partial charge on any atom is -0.296 e. The fraction of sp³-hybridized carbons (Fsp3) is 0.250. The second-order valence-corrected chi connectivity index (χ2v) is 3.82. The van der Waals surface area contributed by atoms with Crippen LogP contribution in [-0.4, -0.2) is 21.3 Å². The first-order valence-corrected chi connectivity index (χ1v) is 5.55. The molecule has 4 nitrogen and oxygen atoms in total. The Labute approximate surface area is 106 Å². The van der Waals surface area contributed by atoms with Crippen molar-refractivity contribution in [2.75, 3.05) is 0 Å². The Hall–Kier alpha value is -2.18. The Kier molecular flexibility index (Phi) is 3.37. The van der Waals surface area contributed by atoms with Gasteiger partial charge in [-0.15, -0.1) is 5.10 Å². The van der Waals surface area contributed by atoms with E-state index in [2.05, 4.69) is 10.3 Å². The summed E-state index contributed by atoms with van der Waals surface area (Å²) in [5.41, 5.74) is -0.652. The molecule has 0 saturated heterocycles. The fourth-order valence-corrected chi connectivity index (χ4v) is 1.77. The highest BCUT2D eigenvalue weighted by atomic mass is 19.4. The molecule has 0 aliphatic carbocycles. The SMILES string of the molecule is CCc1nnn(-c2ccccc2C(F)(F)F)c1C=O. The van der Waals surface area contributed by atoms with Crippen molar-refractivity contribution in [2.45, 2.75) is 19.5 Å². The minimum atomic E-state index is -4.52.